The number of carbonyl (C=O) groups is 1. The van der Waals surface area contributed by atoms with E-state index in [0.717, 1.165) is 26.1 Å². The number of amides is 1. The second-order valence-corrected chi connectivity index (χ2v) is 5.31. The molecule has 1 fully saturated rings. The van der Waals surface area contributed by atoms with Crippen LogP contribution in [0.15, 0.2) is 0 Å². The van der Waals surface area contributed by atoms with Gasteiger partial charge in [0.1, 0.15) is 0 Å². The first-order valence-corrected chi connectivity index (χ1v) is 6.23. The monoisotopic (exact) mass is 227 g/mol. The molecule has 0 aliphatic carbocycles. The first-order chi connectivity index (χ1) is 7.52. The van der Waals surface area contributed by atoms with Crippen LogP contribution in [0.5, 0.6) is 0 Å². The molecule has 1 amide bonds. The van der Waals surface area contributed by atoms with Crippen molar-refractivity contribution in [2.75, 3.05) is 26.2 Å². The van der Waals surface area contributed by atoms with Crippen molar-refractivity contribution in [2.45, 2.75) is 33.2 Å². The third-order valence-corrected chi connectivity index (χ3v) is 3.18. The van der Waals surface area contributed by atoms with Gasteiger partial charge in [0.05, 0.1) is 6.54 Å². The summed E-state index contributed by atoms with van der Waals surface area (Å²) in [5.41, 5.74) is 5.66. The molecule has 0 aromatic rings. The number of likely N-dealkylation sites (tertiary alicyclic amines) is 1. The van der Waals surface area contributed by atoms with Crippen LogP contribution in [0, 0.1) is 11.8 Å². The zero-order valence-corrected chi connectivity index (χ0v) is 10.7. The van der Waals surface area contributed by atoms with Gasteiger partial charge in [-0.3, -0.25) is 9.69 Å². The smallest absolute Gasteiger partial charge is 0.234 e. The lowest BCUT2D eigenvalue weighted by atomic mass is 10.1. The molecule has 1 saturated heterocycles. The van der Waals surface area contributed by atoms with Gasteiger partial charge in [0.15, 0.2) is 0 Å². The fraction of sp³-hybridized carbons (Fsp3) is 0.917. The maximum Gasteiger partial charge on any atom is 0.234 e. The zero-order valence-electron chi connectivity index (χ0n) is 10.7. The largest absolute Gasteiger partial charge is 0.355 e. The van der Waals surface area contributed by atoms with Gasteiger partial charge in [-0.05, 0) is 31.7 Å². The Morgan fingerprint density at radius 2 is 2.25 bits per heavy atom. The van der Waals surface area contributed by atoms with E-state index in [1.54, 1.807) is 0 Å². The van der Waals surface area contributed by atoms with E-state index in [1.807, 2.05) is 0 Å². The second-order valence-electron chi connectivity index (χ2n) is 5.31. The number of hydrogen-bond donors (Lipinski definition) is 2. The van der Waals surface area contributed by atoms with Crippen LogP contribution in [0.4, 0.5) is 0 Å². The van der Waals surface area contributed by atoms with E-state index >= 15 is 0 Å². The van der Waals surface area contributed by atoms with E-state index in [2.05, 4.69) is 31.0 Å². The number of carbonyl (C=O) groups excluding carboxylic acids is 1. The summed E-state index contributed by atoms with van der Waals surface area (Å²) in [5, 5.41) is 2.95. The maximum absolute atomic E-state index is 11.7. The van der Waals surface area contributed by atoms with E-state index in [-0.39, 0.29) is 5.91 Å². The summed E-state index contributed by atoms with van der Waals surface area (Å²) >= 11 is 0. The van der Waals surface area contributed by atoms with Crippen LogP contribution in [0.25, 0.3) is 0 Å². The molecule has 1 aliphatic heterocycles. The summed E-state index contributed by atoms with van der Waals surface area (Å²) < 4.78 is 0. The molecule has 4 nitrogen and oxygen atoms in total. The Morgan fingerprint density at radius 1 is 1.56 bits per heavy atom. The molecule has 1 heterocycles. The molecule has 1 aliphatic rings. The lowest BCUT2D eigenvalue weighted by molar-refractivity contribution is -0.122. The summed E-state index contributed by atoms with van der Waals surface area (Å²) in [6.07, 6.45) is 1.12. The Labute approximate surface area is 98.6 Å². The van der Waals surface area contributed by atoms with Crippen molar-refractivity contribution in [2.24, 2.45) is 17.6 Å². The van der Waals surface area contributed by atoms with Crippen LogP contribution in [-0.2, 0) is 4.79 Å². The van der Waals surface area contributed by atoms with Gasteiger partial charge >= 0.3 is 0 Å². The zero-order chi connectivity index (χ0) is 12.1. The number of nitrogens with one attached hydrogen (secondary N) is 1. The van der Waals surface area contributed by atoms with Crippen molar-refractivity contribution in [3.63, 3.8) is 0 Å². The van der Waals surface area contributed by atoms with Crippen LogP contribution in [0.2, 0.25) is 0 Å². The third-order valence-electron chi connectivity index (χ3n) is 3.18. The van der Waals surface area contributed by atoms with Crippen LogP contribution < -0.4 is 11.1 Å². The quantitative estimate of drug-likeness (QED) is 0.716. The number of nitrogens with two attached hydrogens (primary N) is 1. The highest BCUT2D eigenvalue weighted by atomic mass is 16.2. The maximum atomic E-state index is 11.7. The van der Waals surface area contributed by atoms with Crippen molar-refractivity contribution >= 4 is 5.91 Å². The molecule has 3 N–H and O–H groups in total. The van der Waals surface area contributed by atoms with E-state index in [9.17, 15) is 4.79 Å². The van der Waals surface area contributed by atoms with Crippen molar-refractivity contribution < 1.29 is 4.79 Å². The molecule has 0 spiro atoms. The SMILES string of the molecule is CC(C)CNC(=O)CN1CC(CN)CC1C. The Hall–Kier alpha value is -0.610. The van der Waals surface area contributed by atoms with Gasteiger partial charge in [-0.2, -0.15) is 0 Å². The Morgan fingerprint density at radius 3 is 2.75 bits per heavy atom. The molecule has 4 heteroatoms. The Bertz CT molecular complexity index is 230. The molecule has 2 atom stereocenters. The lowest BCUT2D eigenvalue weighted by Gasteiger charge is -2.20. The minimum atomic E-state index is 0.137. The summed E-state index contributed by atoms with van der Waals surface area (Å²) in [5.74, 6) is 1.21. The lowest BCUT2D eigenvalue weighted by Crippen LogP contribution is -2.40. The molecule has 0 radical (unpaired) electrons. The second kappa shape index (κ2) is 6.21. The van der Waals surface area contributed by atoms with Gasteiger partial charge in [0.2, 0.25) is 5.91 Å². The fourth-order valence-electron chi connectivity index (χ4n) is 2.17. The van der Waals surface area contributed by atoms with Crippen LogP contribution in [0.1, 0.15) is 27.2 Å². The highest BCUT2D eigenvalue weighted by Gasteiger charge is 2.29. The van der Waals surface area contributed by atoms with Gasteiger partial charge < -0.3 is 11.1 Å². The molecule has 94 valence electrons. The predicted molar refractivity (Wildman–Crippen MR) is 66.0 cm³/mol. The summed E-state index contributed by atoms with van der Waals surface area (Å²) in [6, 6.07) is 0.485. The third kappa shape index (κ3) is 4.10. The van der Waals surface area contributed by atoms with Crippen LogP contribution in [0.3, 0.4) is 0 Å². The van der Waals surface area contributed by atoms with Gasteiger partial charge in [0, 0.05) is 19.1 Å². The van der Waals surface area contributed by atoms with Crippen molar-refractivity contribution in [1.82, 2.24) is 10.2 Å². The molecule has 0 aromatic carbocycles. The summed E-state index contributed by atoms with van der Waals surface area (Å²) in [4.78, 5) is 13.9. The van der Waals surface area contributed by atoms with Gasteiger partial charge in [-0.1, -0.05) is 13.8 Å². The topological polar surface area (TPSA) is 58.4 Å². The number of nitrogens with zero attached hydrogens (tertiary/aromatic N) is 1. The summed E-state index contributed by atoms with van der Waals surface area (Å²) in [7, 11) is 0. The van der Waals surface area contributed by atoms with Crippen molar-refractivity contribution in [3.8, 4) is 0 Å². The molecule has 16 heavy (non-hydrogen) atoms. The molecular formula is C12H25N3O. The van der Waals surface area contributed by atoms with Gasteiger partial charge in [-0.15, -0.1) is 0 Å². The minimum Gasteiger partial charge on any atom is -0.355 e. The molecule has 0 aromatic heterocycles. The summed E-state index contributed by atoms with van der Waals surface area (Å²) in [6.45, 7) is 9.35. The standard InChI is InChI=1S/C12H25N3O/c1-9(2)6-14-12(16)8-15-7-11(5-13)4-10(15)3/h9-11H,4-8,13H2,1-3H3,(H,14,16). The van der Waals surface area contributed by atoms with E-state index in [0.29, 0.717) is 24.4 Å². The first kappa shape index (κ1) is 13.5. The van der Waals surface area contributed by atoms with E-state index in [1.165, 1.54) is 0 Å². The number of hydrogen-bond acceptors (Lipinski definition) is 3. The first-order valence-electron chi connectivity index (χ1n) is 6.23. The van der Waals surface area contributed by atoms with Crippen molar-refractivity contribution in [3.05, 3.63) is 0 Å². The molecule has 0 bridgehead atoms. The van der Waals surface area contributed by atoms with Crippen LogP contribution >= 0.6 is 0 Å². The van der Waals surface area contributed by atoms with E-state index in [4.69, 9.17) is 5.73 Å². The average Bonchev–Trinajstić information content (AvgIpc) is 2.57. The van der Waals surface area contributed by atoms with Gasteiger partial charge in [-0.25, -0.2) is 0 Å². The van der Waals surface area contributed by atoms with Crippen LogP contribution in [-0.4, -0.2) is 43.0 Å². The Kier molecular flexibility index (Phi) is 5.22. The average molecular weight is 227 g/mol. The predicted octanol–water partition coefficient (Wildman–Crippen LogP) is 0.428. The molecule has 0 saturated carbocycles. The van der Waals surface area contributed by atoms with Gasteiger partial charge in [0.25, 0.3) is 0 Å². The highest BCUT2D eigenvalue weighted by molar-refractivity contribution is 5.78. The van der Waals surface area contributed by atoms with E-state index < -0.39 is 0 Å². The van der Waals surface area contributed by atoms with Crippen molar-refractivity contribution in [1.29, 1.82) is 0 Å². The number of rotatable bonds is 5. The highest BCUT2D eigenvalue weighted by Crippen LogP contribution is 2.21. The normalized spacial score (nSPS) is 26.3. The molecular weight excluding hydrogens is 202 g/mol. The molecule has 1 rings (SSSR count). The fourth-order valence-corrected chi connectivity index (χ4v) is 2.17. The molecule has 2 unspecified atom stereocenters. The Balaban J connectivity index is 2.28. The minimum absolute atomic E-state index is 0.137.